The molecule has 0 radical (unpaired) electrons. The van der Waals surface area contributed by atoms with Crippen molar-refractivity contribution in [3.63, 3.8) is 0 Å². The molecular formula is C24H38N2O5. The van der Waals surface area contributed by atoms with Crippen molar-refractivity contribution in [3.05, 3.63) is 29.8 Å². The number of unbranched alkanes of at least 4 members (excludes halogenated alkanes) is 1. The number of carbonyl (C=O) groups is 2. The summed E-state index contributed by atoms with van der Waals surface area (Å²) in [6.07, 6.45) is 5.60. The van der Waals surface area contributed by atoms with Crippen molar-refractivity contribution in [3.8, 4) is 5.75 Å². The first-order valence-corrected chi connectivity index (χ1v) is 11.2. The van der Waals surface area contributed by atoms with E-state index in [0.717, 1.165) is 56.5 Å². The Balaban J connectivity index is 1.58. The maximum Gasteiger partial charge on any atom is 0.410 e. The zero-order valence-corrected chi connectivity index (χ0v) is 19.4. The van der Waals surface area contributed by atoms with Crippen LogP contribution in [0.4, 0.5) is 4.79 Å². The number of nitrogens with two attached hydrogens (primary N) is 1. The van der Waals surface area contributed by atoms with Gasteiger partial charge < -0.3 is 24.8 Å². The number of esters is 1. The van der Waals surface area contributed by atoms with Gasteiger partial charge in [-0.25, -0.2) is 4.79 Å². The van der Waals surface area contributed by atoms with Crippen LogP contribution >= 0.6 is 0 Å². The minimum absolute atomic E-state index is 0.197. The Kier molecular flexibility index (Phi) is 9.62. The molecule has 174 valence electrons. The van der Waals surface area contributed by atoms with Crippen molar-refractivity contribution >= 4 is 12.1 Å². The van der Waals surface area contributed by atoms with E-state index in [4.69, 9.17) is 15.2 Å². The van der Waals surface area contributed by atoms with Crippen LogP contribution in [0.25, 0.3) is 0 Å². The Hall–Kier alpha value is -2.28. The molecule has 31 heavy (non-hydrogen) atoms. The summed E-state index contributed by atoms with van der Waals surface area (Å²) < 4.78 is 15.9. The number of rotatable bonds is 9. The number of methoxy groups -OCH3 is 1. The van der Waals surface area contributed by atoms with E-state index in [1.807, 2.05) is 49.9 Å². The average Bonchev–Trinajstić information content (AvgIpc) is 2.73. The number of carbonyl (C=O) groups excluding carboxylic acids is 2. The Morgan fingerprint density at radius 3 is 2.35 bits per heavy atom. The number of amides is 1. The molecule has 1 aliphatic heterocycles. The summed E-state index contributed by atoms with van der Waals surface area (Å²) in [6, 6.07) is 7.03. The standard InChI is InChI=1S/C24H38N2O5/c1-24(2,3)31-23(28)26-14-12-18(13-15-26)7-5-6-16-30-20-10-8-19(9-11-20)17-21(25)22(27)29-4/h8-11,18,21H,5-7,12-17,25H2,1-4H3. The van der Waals surface area contributed by atoms with Crippen molar-refractivity contribution in [2.75, 3.05) is 26.8 Å². The van der Waals surface area contributed by atoms with Gasteiger partial charge in [0, 0.05) is 13.1 Å². The van der Waals surface area contributed by atoms with Crippen molar-refractivity contribution in [2.45, 2.75) is 70.9 Å². The van der Waals surface area contributed by atoms with E-state index < -0.39 is 17.6 Å². The molecule has 0 aliphatic carbocycles. The molecule has 1 saturated heterocycles. The fourth-order valence-electron chi connectivity index (χ4n) is 3.67. The van der Waals surface area contributed by atoms with Gasteiger partial charge in [0.2, 0.25) is 0 Å². The SMILES string of the molecule is COC(=O)C(N)Cc1ccc(OCCCCC2CCN(C(=O)OC(C)(C)C)CC2)cc1. The highest BCUT2D eigenvalue weighted by Gasteiger charge is 2.26. The number of piperidine rings is 1. The van der Waals surface area contributed by atoms with Crippen LogP contribution in [0.15, 0.2) is 24.3 Å². The summed E-state index contributed by atoms with van der Waals surface area (Å²) in [7, 11) is 1.34. The van der Waals surface area contributed by atoms with Gasteiger partial charge in [-0.15, -0.1) is 0 Å². The summed E-state index contributed by atoms with van der Waals surface area (Å²) in [5.74, 6) is 1.08. The molecule has 1 heterocycles. The lowest BCUT2D eigenvalue weighted by Crippen LogP contribution is -2.41. The van der Waals surface area contributed by atoms with Gasteiger partial charge in [0.05, 0.1) is 13.7 Å². The third-order valence-corrected chi connectivity index (χ3v) is 5.42. The van der Waals surface area contributed by atoms with Gasteiger partial charge >= 0.3 is 12.1 Å². The smallest absolute Gasteiger partial charge is 0.410 e. The first kappa shape index (κ1) is 25.0. The van der Waals surface area contributed by atoms with E-state index >= 15 is 0 Å². The number of hydrogen-bond donors (Lipinski definition) is 1. The molecule has 1 amide bonds. The third-order valence-electron chi connectivity index (χ3n) is 5.42. The Morgan fingerprint density at radius 2 is 1.77 bits per heavy atom. The first-order valence-electron chi connectivity index (χ1n) is 11.2. The molecule has 2 N–H and O–H groups in total. The molecule has 2 rings (SSSR count). The molecule has 1 unspecified atom stereocenters. The predicted octanol–water partition coefficient (Wildman–Crippen LogP) is 3.93. The second-order valence-electron chi connectivity index (χ2n) is 9.23. The van der Waals surface area contributed by atoms with Crippen molar-refractivity contribution in [1.29, 1.82) is 0 Å². The molecule has 7 heteroatoms. The van der Waals surface area contributed by atoms with Crippen LogP contribution in [0, 0.1) is 5.92 Å². The minimum atomic E-state index is -0.646. The second-order valence-corrected chi connectivity index (χ2v) is 9.23. The predicted molar refractivity (Wildman–Crippen MR) is 120 cm³/mol. The largest absolute Gasteiger partial charge is 0.494 e. The van der Waals surface area contributed by atoms with E-state index in [1.54, 1.807) is 0 Å². The van der Waals surface area contributed by atoms with Crippen molar-refractivity contribution < 1.29 is 23.8 Å². The molecule has 0 spiro atoms. The molecule has 0 bridgehead atoms. The molecule has 1 atom stereocenters. The van der Waals surface area contributed by atoms with Gasteiger partial charge in [0.15, 0.2) is 0 Å². The van der Waals surface area contributed by atoms with Gasteiger partial charge in [-0.05, 0) is 76.5 Å². The summed E-state index contributed by atoms with van der Waals surface area (Å²) in [5.41, 5.74) is 6.32. The van der Waals surface area contributed by atoms with Gasteiger partial charge in [-0.1, -0.05) is 18.6 Å². The van der Waals surface area contributed by atoms with Crippen LogP contribution in [0.1, 0.15) is 58.4 Å². The Labute approximate surface area is 186 Å². The highest BCUT2D eigenvalue weighted by atomic mass is 16.6. The topological polar surface area (TPSA) is 91.1 Å². The van der Waals surface area contributed by atoms with Crippen LogP contribution in [0.3, 0.4) is 0 Å². The van der Waals surface area contributed by atoms with Crippen LogP contribution in [0.5, 0.6) is 5.75 Å². The molecule has 1 aromatic rings. The lowest BCUT2D eigenvalue weighted by Gasteiger charge is -2.33. The van der Waals surface area contributed by atoms with Gasteiger partial charge in [-0.3, -0.25) is 4.79 Å². The summed E-state index contributed by atoms with van der Waals surface area (Å²) in [4.78, 5) is 25.4. The van der Waals surface area contributed by atoms with Gasteiger partial charge in [0.25, 0.3) is 0 Å². The normalized spacial score (nSPS) is 16.0. The fourth-order valence-corrected chi connectivity index (χ4v) is 3.67. The van der Waals surface area contributed by atoms with E-state index in [1.165, 1.54) is 7.11 Å². The summed E-state index contributed by atoms with van der Waals surface area (Å²) in [5, 5.41) is 0. The molecule has 1 aliphatic rings. The van der Waals surface area contributed by atoms with E-state index in [0.29, 0.717) is 18.9 Å². The Morgan fingerprint density at radius 1 is 1.13 bits per heavy atom. The average molecular weight is 435 g/mol. The first-order chi connectivity index (χ1) is 14.7. The zero-order chi connectivity index (χ0) is 22.9. The van der Waals surface area contributed by atoms with E-state index in [2.05, 4.69) is 4.74 Å². The van der Waals surface area contributed by atoms with Crippen molar-refractivity contribution in [1.82, 2.24) is 4.90 Å². The maximum absolute atomic E-state index is 12.1. The van der Waals surface area contributed by atoms with Crippen molar-refractivity contribution in [2.24, 2.45) is 11.7 Å². The zero-order valence-electron chi connectivity index (χ0n) is 19.4. The van der Waals surface area contributed by atoms with E-state index in [9.17, 15) is 9.59 Å². The number of nitrogens with zero attached hydrogens (tertiary/aromatic N) is 1. The molecular weight excluding hydrogens is 396 g/mol. The van der Waals surface area contributed by atoms with Crippen LogP contribution < -0.4 is 10.5 Å². The summed E-state index contributed by atoms with van der Waals surface area (Å²) >= 11 is 0. The fraction of sp³-hybridized carbons (Fsp3) is 0.667. The molecule has 7 nitrogen and oxygen atoms in total. The number of likely N-dealkylation sites (tertiary alicyclic amines) is 1. The number of ether oxygens (including phenoxy) is 3. The van der Waals surface area contributed by atoms with Gasteiger partial charge in [-0.2, -0.15) is 0 Å². The summed E-state index contributed by atoms with van der Waals surface area (Å²) in [6.45, 7) is 7.93. The van der Waals surface area contributed by atoms with Crippen LogP contribution in [0.2, 0.25) is 0 Å². The monoisotopic (exact) mass is 434 g/mol. The van der Waals surface area contributed by atoms with E-state index in [-0.39, 0.29) is 6.09 Å². The highest BCUT2D eigenvalue weighted by Crippen LogP contribution is 2.24. The number of hydrogen-bond acceptors (Lipinski definition) is 6. The minimum Gasteiger partial charge on any atom is -0.494 e. The molecule has 1 aromatic carbocycles. The lowest BCUT2D eigenvalue weighted by atomic mass is 9.92. The molecule has 0 saturated carbocycles. The lowest BCUT2D eigenvalue weighted by molar-refractivity contribution is -0.142. The molecule has 0 aromatic heterocycles. The maximum atomic E-state index is 12.1. The van der Waals surface area contributed by atoms with Crippen LogP contribution in [-0.4, -0.2) is 55.4 Å². The molecule has 1 fully saturated rings. The number of benzene rings is 1. The second kappa shape index (κ2) is 11.9. The van der Waals surface area contributed by atoms with Crippen LogP contribution in [-0.2, 0) is 20.7 Å². The third kappa shape index (κ3) is 9.17. The van der Waals surface area contributed by atoms with Gasteiger partial charge in [0.1, 0.15) is 17.4 Å². The quantitative estimate of drug-likeness (QED) is 0.468. The highest BCUT2D eigenvalue weighted by molar-refractivity contribution is 5.75. The Bertz CT molecular complexity index is 691.